The second-order valence-corrected chi connectivity index (χ2v) is 9.89. The number of anilines is 4. The van der Waals surface area contributed by atoms with Gasteiger partial charge in [0.2, 0.25) is 5.95 Å². The van der Waals surface area contributed by atoms with E-state index >= 15 is 0 Å². The third-order valence-electron chi connectivity index (χ3n) is 5.64. The molecule has 37 heavy (non-hydrogen) atoms. The Bertz CT molecular complexity index is 1530. The summed E-state index contributed by atoms with van der Waals surface area (Å²) >= 11 is 0. The monoisotopic (exact) mass is 522 g/mol. The highest BCUT2D eigenvalue weighted by Crippen LogP contribution is 2.26. The van der Waals surface area contributed by atoms with Crippen LogP contribution in [-0.4, -0.2) is 50.7 Å². The number of para-hydroxylation sites is 1. The molecule has 1 saturated heterocycles. The average molecular weight is 523 g/mol. The second kappa shape index (κ2) is 10.4. The van der Waals surface area contributed by atoms with Crippen LogP contribution < -0.4 is 20.3 Å². The lowest BCUT2D eigenvalue weighted by Gasteiger charge is -2.28. The van der Waals surface area contributed by atoms with Gasteiger partial charge in [-0.15, -0.1) is 0 Å². The highest BCUT2D eigenvalue weighted by atomic mass is 32.2. The van der Waals surface area contributed by atoms with Gasteiger partial charge in [0.25, 0.3) is 10.0 Å². The first-order valence-electron chi connectivity index (χ1n) is 11.4. The summed E-state index contributed by atoms with van der Waals surface area (Å²) in [5.74, 6) is 0.385. The predicted molar refractivity (Wildman–Crippen MR) is 139 cm³/mol. The van der Waals surface area contributed by atoms with Crippen molar-refractivity contribution in [1.29, 1.82) is 0 Å². The summed E-state index contributed by atoms with van der Waals surface area (Å²) in [5, 5.41) is 6.18. The number of benzene rings is 3. The summed E-state index contributed by atoms with van der Waals surface area (Å²) in [4.78, 5) is 23.8. The molecule has 0 saturated carbocycles. The molecule has 3 aromatic carbocycles. The van der Waals surface area contributed by atoms with Crippen molar-refractivity contribution in [1.82, 2.24) is 9.97 Å². The van der Waals surface area contributed by atoms with Crippen LogP contribution in [0.4, 0.5) is 32.3 Å². The van der Waals surface area contributed by atoms with Crippen molar-refractivity contribution in [3.63, 3.8) is 0 Å². The molecule has 5 rings (SSSR count). The van der Waals surface area contributed by atoms with Gasteiger partial charge in [-0.25, -0.2) is 22.6 Å². The number of morpholine rings is 1. The van der Waals surface area contributed by atoms with Crippen LogP contribution in [0.2, 0.25) is 0 Å². The van der Waals surface area contributed by atoms with E-state index in [9.17, 15) is 17.6 Å². The average Bonchev–Trinajstić information content (AvgIpc) is 2.90. The van der Waals surface area contributed by atoms with Crippen molar-refractivity contribution in [2.75, 3.05) is 46.6 Å². The van der Waals surface area contributed by atoms with Gasteiger partial charge in [-0.3, -0.25) is 10.0 Å². The van der Waals surface area contributed by atoms with Crippen LogP contribution in [0.5, 0.6) is 0 Å². The fraction of sp³-hybridized carbons (Fsp3) is 0.160. The summed E-state index contributed by atoms with van der Waals surface area (Å²) in [7, 11) is -3.89. The molecule has 3 N–H and O–H groups in total. The quantitative estimate of drug-likeness (QED) is 0.349. The summed E-state index contributed by atoms with van der Waals surface area (Å²) in [6.45, 7) is 2.54. The maximum atomic E-state index is 13.1. The van der Waals surface area contributed by atoms with Crippen molar-refractivity contribution in [3.05, 3.63) is 78.6 Å². The van der Waals surface area contributed by atoms with Gasteiger partial charge in [-0.05, 0) is 60.7 Å². The molecule has 2 amide bonds. The third-order valence-corrected chi connectivity index (χ3v) is 7.04. The molecule has 12 heteroatoms. The van der Waals surface area contributed by atoms with E-state index in [1.54, 1.807) is 0 Å². The molecule has 0 aliphatic carbocycles. The van der Waals surface area contributed by atoms with Gasteiger partial charge < -0.3 is 15.0 Å². The lowest BCUT2D eigenvalue weighted by molar-refractivity contribution is 0.122. The van der Waals surface area contributed by atoms with Gasteiger partial charge >= 0.3 is 6.03 Å². The van der Waals surface area contributed by atoms with Crippen LogP contribution in [0.25, 0.3) is 10.9 Å². The van der Waals surface area contributed by atoms with Gasteiger partial charge in [0, 0.05) is 29.9 Å². The smallest absolute Gasteiger partial charge is 0.326 e. The van der Waals surface area contributed by atoms with Crippen LogP contribution in [0.1, 0.15) is 0 Å². The molecule has 0 spiro atoms. The van der Waals surface area contributed by atoms with Gasteiger partial charge in [-0.2, -0.15) is 4.98 Å². The Labute approximate surface area is 212 Å². The second-order valence-electron chi connectivity index (χ2n) is 8.20. The first-order valence-corrected chi connectivity index (χ1v) is 12.9. The Hall–Kier alpha value is -4.29. The number of nitrogens with zero attached hydrogens (tertiary/aromatic N) is 3. The van der Waals surface area contributed by atoms with Crippen LogP contribution in [0.15, 0.2) is 77.7 Å². The molecule has 0 atom stereocenters. The number of hydrogen-bond acceptors (Lipinski definition) is 7. The topological polar surface area (TPSA) is 126 Å². The summed E-state index contributed by atoms with van der Waals surface area (Å²) in [6, 6.07) is 17.6. The molecule has 1 fully saturated rings. The van der Waals surface area contributed by atoms with E-state index in [0.717, 1.165) is 17.5 Å². The zero-order valence-electron chi connectivity index (χ0n) is 19.5. The van der Waals surface area contributed by atoms with Crippen molar-refractivity contribution in [2.24, 2.45) is 0 Å². The standard InChI is InChI=1S/C25H23FN6O4S/c26-17-5-7-19(8-6-17)31-37(34,35)20-11-9-18(10-12-20)27-25(33)30-24-28-22-4-2-1-3-21(22)23(29-24)32-13-15-36-16-14-32/h1-12,31H,13-16H2,(H2,27,28,29,30,33). The largest absolute Gasteiger partial charge is 0.378 e. The molecule has 1 aromatic heterocycles. The Morgan fingerprint density at radius 2 is 1.54 bits per heavy atom. The molecular formula is C25H23FN6O4S. The number of ether oxygens (including phenoxy) is 1. The van der Waals surface area contributed by atoms with Gasteiger partial charge in [0.1, 0.15) is 11.6 Å². The number of amides is 2. The highest BCUT2D eigenvalue weighted by molar-refractivity contribution is 7.92. The van der Waals surface area contributed by atoms with E-state index in [4.69, 9.17) is 4.74 Å². The fourth-order valence-electron chi connectivity index (χ4n) is 3.85. The first-order chi connectivity index (χ1) is 17.9. The molecule has 1 aliphatic heterocycles. The summed E-state index contributed by atoms with van der Waals surface area (Å²) in [6.07, 6.45) is 0. The Morgan fingerprint density at radius 3 is 2.27 bits per heavy atom. The highest BCUT2D eigenvalue weighted by Gasteiger charge is 2.18. The molecule has 0 radical (unpaired) electrons. The van der Waals surface area contributed by atoms with E-state index in [0.29, 0.717) is 43.3 Å². The van der Waals surface area contributed by atoms with E-state index in [2.05, 4.69) is 30.2 Å². The number of carbonyl (C=O) groups excluding carboxylic acids is 1. The number of urea groups is 1. The molecular weight excluding hydrogens is 499 g/mol. The zero-order chi connectivity index (χ0) is 25.8. The molecule has 2 heterocycles. The minimum atomic E-state index is -3.89. The maximum Gasteiger partial charge on any atom is 0.326 e. The van der Waals surface area contributed by atoms with E-state index in [-0.39, 0.29) is 16.5 Å². The minimum Gasteiger partial charge on any atom is -0.378 e. The number of sulfonamides is 1. The molecule has 0 bridgehead atoms. The lowest BCUT2D eigenvalue weighted by atomic mass is 10.2. The third kappa shape index (κ3) is 5.76. The van der Waals surface area contributed by atoms with Crippen molar-refractivity contribution < 1.29 is 22.3 Å². The minimum absolute atomic E-state index is 0.0178. The van der Waals surface area contributed by atoms with E-state index in [1.165, 1.54) is 36.4 Å². The van der Waals surface area contributed by atoms with Crippen molar-refractivity contribution in [3.8, 4) is 0 Å². The number of aromatic nitrogens is 2. The molecule has 0 unspecified atom stereocenters. The first kappa shape index (κ1) is 24.4. The normalized spacial score (nSPS) is 13.8. The van der Waals surface area contributed by atoms with E-state index < -0.39 is 21.9 Å². The Morgan fingerprint density at radius 1 is 0.865 bits per heavy atom. The Kier molecular flexibility index (Phi) is 6.84. The van der Waals surface area contributed by atoms with Crippen LogP contribution in [0, 0.1) is 5.82 Å². The lowest BCUT2D eigenvalue weighted by Crippen LogP contribution is -2.37. The van der Waals surface area contributed by atoms with E-state index in [1.807, 2.05) is 24.3 Å². The van der Waals surface area contributed by atoms with Crippen LogP contribution in [0.3, 0.4) is 0 Å². The summed E-state index contributed by atoms with van der Waals surface area (Å²) < 4.78 is 46.1. The van der Waals surface area contributed by atoms with Crippen molar-refractivity contribution in [2.45, 2.75) is 4.90 Å². The van der Waals surface area contributed by atoms with Gasteiger partial charge in [-0.1, -0.05) is 12.1 Å². The van der Waals surface area contributed by atoms with Gasteiger partial charge in [0.05, 0.1) is 23.6 Å². The number of fused-ring (bicyclic) bond motifs is 1. The molecule has 1 aliphatic rings. The molecule has 4 aromatic rings. The molecule has 190 valence electrons. The molecule has 10 nitrogen and oxygen atoms in total. The SMILES string of the molecule is O=C(Nc1ccc(S(=O)(=O)Nc2ccc(F)cc2)cc1)Nc1nc(N2CCOCC2)c2ccccc2n1. The maximum absolute atomic E-state index is 13.1. The Balaban J connectivity index is 1.28. The fourth-order valence-corrected chi connectivity index (χ4v) is 4.90. The van der Waals surface area contributed by atoms with Crippen LogP contribution in [-0.2, 0) is 14.8 Å². The zero-order valence-corrected chi connectivity index (χ0v) is 20.3. The van der Waals surface area contributed by atoms with Crippen LogP contribution >= 0.6 is 0 Å². The number of carbonyl (C=O) groups is 1. The van der Waals surface area contributed by atoms with Crippen molar-refractivity contribution >= 4 is 50.1 Å². The number of nitrogens with one attached hydrogen (secondary N) is 3. The predicted octanol–water partition coefficient (Wildman–Crippen LogP) is 4.05. The number of hydrogen-bond donors (Lipinski definition) is 3. The number of halogens is 1. The summed E-state index contributed by atoms with van der Waals surface area (Å²) in [5.41, 5.74) is 1.29. The van der Waals surface area contributed by atoms with Gasteiger partial charge in [0.15, 0.2) is 0 Å². The number of rotatable bonds is 6.